The highest BCUT2D eigenvalue weighted by molar-refractivity contribution is 5.79. The molecule has 0 aromatic rings. The Morgan fingerprint density at radius 3 is 2.74 bits per heavy atom. The maximum atomic E-state index is 11.1. The van der Waals surface area contributed by atoms with Gasteiger partial charge in [-0.2, -0.15) is 0 Å². The molecule has 27 heavy (non-hydrogen) atoms. The van der Waals surface area contributed by atoms with Gasteiger partial charge in [-0.25, -0.2) is 0 Å². The third kappa shape index (κ3) is 6.97. The fourth-order valence-electron chi connectivity index (χ4n) is 4.54. The van der Waals surface area contributed by atoms with Crippen molar-refractivity contribution in [3.8, 4) is 0 Å². The standard InChI is InChI=1S/C22H38O5/c1-3-4-11-22(2,26)12-7-10-18-19-13-17(27-21(19)14-20(18)25)9-6-5-8-16(24)15-23/h7,10,17-21,23,25-26H,3-6,8-9,11-15H2,1-2H3/b10-7+/t17?,18-,19-,20-,21+,22?/m1/s1. The van der Waals surface area contributed by atoms with Crippen LogP contribution in [0.4, 0.5) is 0 Å². The number of carbonyl (C=O) groups is 1. The molecule has 2 fully saturated rings. The zero-order valence-electron chi connectivity index (χ0n) is 17.0. The Morgan fingerprint density at radius 1 is 1.26 bits per heavy atom. The van der Waals surface area contributed by atoms with Crippen molar-refractivity contribution >= 4 is 5.78 Å². The highest BCUT2D eigenvalue weighted by atomic mass is 16.5. The molecule has 156 valence electrons. The van der Waals surface area contributed by atoms with Crippen LogP contribution in [0.2, 0.25) is 0 Å². The SMILES string of the molecule is CCCCC(C)(O)C/C=C/[C@@H]1[C@H]2CC(CCCCC(=O)CO)O[C@H]2C[C@H]1O. The van der Waals surface area contributed by atoms with Gasteiger partial charge in [-0.15, -0.1) is 0 Å². The highest BCUT2D eigenvalue weighted by Gasteiger charge is 2.47. The van der Waals surface area contributed by atoms with Gasteiger partial charge in [-0.1, -0.05) is 38.3 Å². The minimum Gasteiger partial charge on any atom is -0.392 e. The van der Waals surface area contributed by atoms with Gasteiger partial charge in [0.2, 0.25) is 0 Å². The molecule has 0 spiro atoms. The number of hydrogen-bond acceptors (Lipinski definition) is 5. The van der Waals surface area contributed by atoms with Crippen molar-refractivity contribution in [1.82, 2.24) is 0 Å². The fourth-order valence-corrected chi connectivity index (χ4v) is 4.54. The van der Waals surface area contributed by atoms with E-state index in [9.17, 15) is 15.0 Å². The molecular weight excluding hydrogens is 344 g/mol. The molecule has 2 rings (SSSR count). The Balaban J connectivity index is 1.77. The Bertz CT molecular complexity index is 487. The van der Waals surface area contributed by atoms with Crippen LogP contribution < -0.4 is 0 Å². The lowest BCUT2D eigenvalue weighted by atomic mass is 9.88. The Kier molecular flexibility index (Phi) is 8.93. The number of ketones is 1. The van der Waals surface area contributed by atoms with Crippen molar-refractivity contribution in [2.75, 3.05) is 6.61 Å². The summed E-state index contributed by atoms with van der Waals surface area (Å²) in [4.78, 5) is 11.1. The summed E-state index contributed by atoms with van der Waals surface area (Å²) in [5.74, 6) is 0.362. The number of fused-ring (bicyclic) bond motifs is 1. The molecule has 0 aromatic heterocycles. The first-order valence-corrected chi connectivity index (χ1v) is 10.7. The van der Waals surface area contributed by atoms with E-state index in [1.807, 2.05) is 13.0 Å². The van der Waals surface area contributed by atoms with Gasteiger partial charge in [0.15, 0.2) is 5.78 Å². The summed E-state index contributed by atoms with van der Waals surface area (Å²) < 4.78 is 6.14. The van der Waals surface area contributed by atoms with Gasteiger partial charge in [0.25, 0.3) is 0 Å². The van der Waals surface area contributed by atoms with Crippen molar-refractivity contribution in [2.24, 2.45) is 11.8 Å². The van der Waals surface area contributed by atoms with Crippen LogP contribution in [0.3, 0.4) is 0 Å². The number of carbonyl (C=O) groups excluding carboxylic acids is 1. The molecule has 1 saturated carbocycles. The van der Waals surface area contributed by atoms with Gasteiger partial charge in [-0.3, -0.25) is 4.79 Å². The van der Waals surface area contributed by atoms with Gasteiger partial charge in [0, 0.05) is 18.8 Å². The molecular formula is C22H38O5. The first-order valence-electron chi connectivity index (χ1n) is 10.7. The molecule has 3 N–H and O–H groups in total. The van der Waals surface area contributed by atoms with Gasteiger partial charge < -0.3 is 20.1 Å². The number of hydrogen-bond donors (Lipinski definition) is 3. The van der Waals surface area contributed by atoms with Crippen LogP contribution in [-0.4, -0.2) is 51.6 Å². The molecule has 6 atom stereocenters. The summed E-state index contributed by atoms with van der Waals surface area (Å²) >= 11 is 0. The molecule has 5 heteroatoms. The summed E-state index contributed by atoms with van der Waals surface area (Å²) in [6.45, 7) is 3.65. The highest BCUT2D eigenvalue weighted by Crippen LogP contribution is 2.45. The van der Waals surface area contributed by atoms with Gasteiger partial charge in [-0.05, 0) is 44.9 Å². The molecule has 5 nitrogen and oxygen atoms in total. The number of aliphatic hydroxyl groups is 3. The summed E-state index contributed by atoms with van der Waals surface area (Å²) in [6.07, 6.45) is 12.4. The molecule has 1 aliphatic heterocycles. The van der Waals surface area contributed by atoms with E-state index in [-0.39, 0.29) is 36.6 Å². The number of rotatable bonds is 12. The lowest BCUT2D eigenvalue weighted by Crippen LogP contribution is -2.23. The number of aliphatic hydroxyl groups excluding tert-OH is 2. The van der Waals surface area contributed by atoms with Gasteiger partial charge >= 0.3 is 0 Å². The zero-order chi connectivity index (χ0) is 19.9. The van der Waals surface area contributed by atoms with E-state index in [0.717, 1.165) is 44.9 Å². The summed E-state index contributed by atoms with van der Waals surface area (Å²) in [7, 11) is 0. The second kappa shape index (κ2) is 10.7. The van der Waals surface area contributed by atoms with Crippen molar-refractivity contribution in [1.29, 1.82) is 0 Å². The number of unbranched alkanes of at least 4 members (excludes halogenated alkanes) is 2. The minimum atomic E-state index is -0.670. The predicted octanol–water partition coefficient (Wildman–Crippen LogP) is 3.15. The van der Waals surface area contributed by atoms with Crippen LogP contribution in [0.25, 0.3) is 0 Å². The first-order chi connectivity index (χ1) is 12.9. The zero-order valence-corrected chi connectivity index (χ0v) is 17.0. The van der Waals surface area contributed by atoms with Crippen molar-refractivity contribution < 1.29 is 24.9 Å². The van der Waals surface area contributed by atoms with Crippen LogP contribution in [-0.2, 0) is 9.53 Å². The van der Waals surface area contributed by atoms with E-state index >= 15 is 0 Å². The topological polar surface area (TPSA) is 87.0 Å². The summed E-state index contributed by atoms with van der Waals surface area (Å²) in [6, 6.07) is 0. The number of ether oxygens (including phenoxy) is 1. The Hall–Kier alpha value is -0.750. The maximum absolute atomic E-state index is 11.1. The first kappa shape index (κ1) is 22.5. The maximum Gasteiger partial charge on any atom is 0.158 e. The van der Waals surface area contributed by atoms with Crippen LogP contribution in [0, 0.1) is 11.8 Å². The summed E-state index contributed by atoms with van der Waals surface area (Å²) in [5.41, 5.74) is -0.670. The molecule has 1 aliphatic carbocycles. The second-order valence-electron chi connectivity index (χ2n) is 8.75. The third-order valence-corrected chi connectivity index (χ3v) is 6.19. The largest absolute Gasteiger partial charge is 0.392 e. The lowest BCUT2D eigenvalue weighted by molar-refractivity contribution is -0.121. The second-order valence-corrected chi connectivity index (χ2v) is 8.75. The lowest BCUT2D eigenvalue weighted by Gasteiger charge is -2.22. The third-order valence-electron chi connectivity index (χ3n) is 6.19. The predicted molar refractivity (Wildman–Crippen MR) is 105 cm³/mol. The van der Waals surface area contributed by atoms with E-state index in [0.29, 0.717) is 25.2 Å². The normalized spacial score (nSPS) is 32.7. The molecule has 1 heterocycles. The average molecular weight is 383 g/mol. The molecule has 0 amide bonds. The van der Waals surface area contributed by atoms with Crippen molar-refractivity contribution in [3.05, 3.63) is 12.2 Å². The van der Waals surface area contributed by atoms with Crippen LogP contribution in [0.5, 0.6) is 0 Å². The van der Waals surface area contributed by atoms with E-state index in [2.05, 4.69) is 13.0 Å². The molecule has 2 aliphatic rings. The molecule has 2 unspecified atom stereocenters. The van der Waals surface area contributed by atoms with Gasteiger partial charge in [0.1, 0.15) is 6.61 Å². The summed E-state index contributed by atoms with van der Waals surface area (Å²) in [5, 5.41) is 29.6. The average Bonchev–Trinajstić information content (AvgIpc) is 3.14. The monoisotopic (exact) mass is 382 g/mol. The molecule has 0 bridgehead atoms. The van der Waals surface area contributed by atoms with Crippen molar-refractivity contribution in [3.63, 3.8) is 0 Å². The number of Topliss-reactive ketones (excluding diaryl/α,β-unsaturated/α-hetero) is 1. The molecule has 0 radical (unpaired) electrons. The fraction of sp³-hybridized carbons (Fsp3) is 0.864. The van der Waals surface area contributed by atoms with Crippen LogP contribution >= 0.6 is 0 Å². The molecule has 0 aromatic carbocycles. The minimum absolute atomic E-state index is 0.0950. The Labute approximate surface area is 163 Å². The molecule has 1 saturated heterocycles. The quantitative estimate of drug-likeness (QED) is 0.356. The van der Waals surface area contributed by atoms with E-state index in [1.165, 1.54) is 0 Å². The van der Waals surface area contributed by atoms with E-state index < -0.39 is 5.60 Å². The van der Waals surface area contributed by atoms with E-state index in [4.69, 9.17) is 9.84 Å². The van der Waals surface area contributed by atoms with Gasteiger partial charge in [0.05, 0.1) is 23.9 Å². The van der Waals surface area contributed by atoms with Crippen LogP contribution in [0.15, 0.2) is 12.2 Å². The Morgan fingerprint density at radius 2 is 2.04 bits per heavy atom. The van der Waals surface area contributed by atoms with E-state index in [1.54, 1.807) is 0 Å². The smallest absolute Gasteiger partial charge is 0.158 e. The van der Waals surface area contributed by atoms with Crippen molar-refractivity contribution in [2.45, 2.75) is 102 Å². The van der Waals surface area contributed by atoms with Crippen LogP contribution in [0.1, 0.15) is 78.1 Å².